The summed E-state index contributed by atoms with van der Waals surface area (Å²) in [5.41, 5.74) is 3.72. The zero-order valence-corrected chi connectivity index (χ0v) is 9.33. The smallest absolute Gasteiger partial charge is 0.0651 e. The Balaban J connectivity index is 1.96. The van der Waals surface area contributed by atoms with E-state index in [0.717, 1.165) is 13.0 Å². The zero-order chi connectivity index (χ0) is 11.0. The van der Waals surface area contributed by atoms with Crippen molar-refractivity contribution in [3.05, 3.63) is 29.3 Å². The Morgan fingerprint density at radius 2 is 2.25 bits per heavy atom. The van der Waals surface area contributed by atoms with Gasteiger partial charge in [-0.15, -0.1) is 0 Å². The molecule has 0 radical (unpaired) electrons. The van der Waals surface area contributed by atoms with Crippen molar-refractivity contribution in [1.29, 1.82) is 0 Å². The monoisotopic (exact) mass is 219 g/mol. The van der Waals surface area contributed by atoms with E-state index in [1.54, 1.807) is 0 Å². The van der Waals surface area contributed by atoms with E-state index in [4.69, 9.17) is 4.74 Å². The molecule has 0 atom stereocenters. The van der Waals surface area contributed by atoms with E-state index >= 15 is 0 Å². The van der Waals surface area contributed by atoms with Gasteiger partial charge < -0.3 is 15.2 Å². The molecule has 2 aliphatic heterocycles. The van der Waals surface area contributed by atoms with Crippen LogP contribution < -0.4 is 5.32 Å². The standard InChI is InChI=1S/C13H17NO2/c15-7-13(8-16-9-13)11-3-4-12-10(6-11)2-1-5-14-12/h3-4,6,14-15H,1-2,5,7-9H2. The number of ether oxygens (including phenoxy) is 1. The Labute approximate surface area is 95.4 Å². The Hall–Kier alpha value is -1.06. The first-order valence-electron chi connectivity index (χ1n) is 5.90. The highest BCUT2D eigenvalue weighted by atomic mass is 16.5. The fourth-order valence-electron chi connectivity index (χ4n) is 2.50. The van der Waals surface area contributed by atoms with Crippen molar-refractivity contribution < 1.29 is 9.84 Å². The largest absolute Gasteiger partial charge is 0.395 e. The van der Waals surface area contributed by atoms with Gasteiger partial charge in [-0.05, 0) is 30.0 Å². The summed E-state index contributed by atoms with van der Waals surface area (Å²) in [6, 6.07) is 6.50. The molecule has 0 spiro atoms. The summed E-state index contributed by atoms with van der Waals surface area (Å²) in [6.45, 7) is 2.55. The molecule has 1 fully saturated rings. The lowest BCUT2D eigenvalue weighted by atomic mass is 9.78. The molecule has 0 amide bonds. The quantitative estimate of drug-likeness (QED) is 0.788. The first-order chi connectivity index (χ1) is 7.84. The SMILES string of the molecule is OCC1(c2ccc3c(c2)CCCN3)COC1. The van der Waals surface area contributed by atoms with Crippen molar-refractivity contribution in [2.75, 3.05) is 31.7 Å². The van der Waals surface area contributed by atoms with E-state index in [-0.39, 0.29) is 12.0 Å². The van der Waals surface area contributed by atoms with Crippen LogP contribution in [0.15, 0.2) is 18.2 Å². The van der Waals surface area contributed by atoms with E-state index < -0.39 is 0 Å². The molecule has 0 unspecified atom stereocenters. The minimum atomic E-state index is -0.132. The maximum atomic E-state index is 9.50. The van der Waals surface area contributed by atoms with Gasteiger partial charge in [-0.3, -0.25) is 0 Å². The summed E-state index contributed by atoms with van der Waals surface area (Å²) in [6.07, 6.45) is 2.33. The van der Waals surface area contributed by atoms with Crippen LogP contribution in [0.2, 0.25) is 0 Å². The molecule has 2 N–H and O–H groups in total. The van der Waals surface area contributed by atoms with Crippen LogP contribution in [-0.4, -0.2) is 31.5 Å². The number of anilines is 1. The third-order valence-electron chi connectivity index (χ3n) is 3.72. The van der Waals surface area contributed by atoms with E-state index in [0.29, 0.717) is 13.2 Å². The van der Waals surface area contributed by atoms with Crippen LogP contribution in [0, 0.1) is 0 Å². The van der Waals surface area contributed by atoms with Gasteiger partial charge in [0.05, 0.1) is 25.2 Å². The molecule has 0 saturated carbocycles. The van der Waals surface area contributed by atoms with Crippen molar-refractivity contribution in [2.45, 2.75) is 18.3 Å². The number of nitrogens with one attached hydrogen (secondary N) is 1. The predicted molar refractivity (Wildman–Crippen MR) is 62.8 cm³/mol. The van der Waals surface area contributed by atoms with Crippen LogP contribution in [0.25, 0.3) is 0 Å². The topological polar surface area (TPSA) is 41.5 Å². The number of hydrogen-bond acceptors (Lipinski definition) is 3. The van der Waals surface area contributed by atoms with Crippen molar-refractivity contribution in [3.8, 4) is 0 Å². The summed E-state index contributed by atoms with van der Waals surface area (Å²) < 4.78 is 5.25. The first kappa shape index (κ1) is 10.1. The van der Waals surface area contributed by atoms with Crippen molar-refractivity contribution in [2.24, 2.45) is 0 Å². The second-order valence-electron chi connectivity index (χ2n) is 4.83. The summed E-state index contributed by atoms with van der Waals surface area (Å²) in [4.78, 5) is 0. The normalized spacial score (nSPS) is 21.8. The van der Waals surface area contributed by atoms with E-state index in [2.05, 4.69) is 23.5 Å². The van der Waals surface area contributed by atoms with Gasteiger partial charge in [0.25, 0.3) is 0 Å². The maximum absolute atomic E-state index is 9.50. The van der Waals surface area contributed by atoms with Gasteiger partial charge in [-0.25, -0.2) is 0 Å². The summed E-state index contributed by atoms with van der Waals surface area (Å²) in [7, 11) is 0. The van der Waals surface area contributed by atoms with Crippen LogP contribution in [0.5, 0.6) is 0 Å². The van der Waals surface area contributed by atoms with Crippen LogP contribution in [0.1, 0.15) is 17.5 Å². The number of aliphatic hydroxyl groups is 1. The first-order valence-corrected chi connectivity index (χ1v) is 5.90. The zero-order valence-electron chi connectivity index (χ0n) is 9.33. The van der Waals surface area contributed by atoms with Gasteiger partial charge >= 0.3 is 0 Å². The predicted octanol–water partition coefficient (Wildman–Crippen LogP) is 1.30. The molecule has 0 bridgehead atoms. The Morgan fingerprint density at radius 3 is 2.94 bits per heavy atom. The average Bonchev–Trinajstić information content (AvgIpc) is 2.28. The minimum absolute atomic E-state index is 0.132. The maximum Gasteiger partial charge on any atom is 0.0651 e. The van der Waals surface area contributed by atoms with Crippen molar-refractivity contribution in [3.63, 3.8) is 0 Å². The van der Waals surface area contributed by atoms with Crippen LogP contribution >= 0.6 is 0 Å². The number of aryl methyl sites for hydroxylation is 1. The molecule has 86 valence electrons. The number of rotatable bonds is 2. The number of benzene rings is 1. The molecule has 1 saturated heterocycles. The lowest BCUT2D eigenvalue weighted by Gasteiger charge is -2.40. The van der Waals surface area contributed by atoms with Gasteiger partial charge in [0.1, 0.15) is 0 Å². The number of hydrogen-bond donors (Lipinski definition) is 2. The molecule has 2 aliphatic rings. The van der Waals surface area contributed by atoms with Gasteiger partial charge in [-0.2, -0.15) is 0 Å². The van der Waals surface area contributed by atoms with Crippen LogP contribution in [0.3, 0.4) is 0 Å². The third kappa shape index (κ3) is 1.43. The molecule has 1 aromatic carbocycles. The lowest BCUT2D eigenvalue weighted by molar-refractivity contribution is -0.0841. The summed E-state index contributed by atoms with van der Waals surface area (Å²) in [5.74, 6) is 0. The fourth-order valence-corrected chi connectivity index (χ4v) is 2.50. The van der Waals surface area contributed by atoms with Crippen molar-refractivity contribution >= 4 is 5.69 Å². The molecule has 3 heteroatoms. The van der Waals surface area contributed by atoms with Gasteiger partial charge in [-0.1, -0.05) is 12.1 Å². The molecule has 3 nitrogen and oxygen atoms in total. The van der Waals surface area contributed by atoms with Crippen LogP contribution in [0.4, 0.5) is 5.69 Å². The second kappa shape index (κ2) is 3.75. The van der Waals surface area contributed by atoms with Gasteiger partial charge in [0.2, 0.25) is 0 Å². The average molecular weight is 219 g/mol. The highest BCUT2D eigenvalue weighted by Gasteiger charge is 2.40. The number of aliphatic hydroxyl groups excluding tert-OH is 1. The highest BCUT2D eigenvalue weighted by Crippen LogP contribution is 2.34. The molecular weight excluding hydrogens is 202 g/mol. The fraction of sp³-hybridized carbons (Fsp3) is 0.538. The van der Waals surface area contributed by atoms with Gasteiger partial charge in [0.15, 0.2) is 0 Å². The van der Waals surface area contributed by atoms with Crippen LogP contribution in [-0.2, 0) is 16.6 Å². The van der Waals surface area contributed by atoms with E-state index in [9.17, 15) is 5.11 Å². The van der Waals surface area contributed by atoms with E-state index in [1.807, 2.05) is 0 Å². The Bertz CT molecular complexity index is 393. The van der Waals surface area contributed by atoms with Crippen molar-refractivity contribution in [1.82, 2.24) is 0 Å². The molecule has 1 aromatic rings. The minimum Gasteiger partial charge on any atom is -0.395 e. The molecule has 16 heavy (non-hydrogen) atoms. The molecular formula is C13H17NO2. The highest BCUT2D eigenvalue weighted by molar-refractivity contribution is 5.55. The third-order valence-corrected chi connectivity index (χ3v) is 3.72. The molecule has 0 aromatic heterocycles. The van der Waals surface area contributed by atoms with Gasteiger partial charge in [0, 0.05) is 12.2 Å². The van der Waals surface area contributed by atoms with E-state index in [1.165, 1.54) is 23.2 Å². The second-order valence-corrected chi connectivity index (χ2v) is 4.83. The summed E-state index contributed by atoms with van der Waals surface area (Å²) in [5, 5.41) is 12.9. The lowest BCUT2D eigenvalue weighted by Crippen LogP contribution is -2.49. The molecule has 3 rings (SSSR count). The molecule has 0 aliphatic carbocycles. The Kier molecular flexibility index (Phi) is 2.37. The summed E-state index contributed by atoms with van der Waals surface area (Å²) >= 11 is 0. The Morgan fingerprint density at radius 1 is 1.38 bits per heavy atom. The number of fused-ring (bicyclic) bond motifs is 1. The molecule has 2 heterocycles.